The highest BCUT2D eigenvalue weighted by Gasteiger charge is 2.54. The van der Waals surface area contributed by atoms with Crippen molar-refractivity contribution in [2.75, 3.05) is 24.5 Å². The van der Waals surface area contributed by atoms with Crippen LogP contribution in [0, 0.1) is 0 Å². The molecule has 0 bridgehead atoms. The molecule has 0 aliphatic carbocycles. The molecule has 1 aromatic rings. The van der Waals surface area contributed by atoms with Crippen molar-refractivity contribution in [1.29, 1.82) is 0 Å². The maximum Gasteiger partial charge on any atom is 0.458 e. The Bertz CT molecular complexity index is 810. The SMILES string of the molecule is NCC(=O)N[C@@H]1CCCN(c2ccc(C(F)(F)F)cc2)C1.O=C(C(=O)C(F)(F)F)C(F)(F)F. The number of ketones is 2. The minimum atomic E-state index is -5.77. The van der Waals surface area contributed by atoms with E-state index in [1.807, 2.05) is 4.90 Å². The van der Waals surface area contributed by atoms with Crippen molar-refractivity contribution in [3.8, 4) is 0 Å². The summed E-state index contributed by atoms with van der Waals surface area (Å²) in [5, 5.41) is 2.82. The number of anilines is 1. The van der Waals surface area contributed by atoms with Gasteiger partial charge in [0.2, 0.25) is 5.91 Å². The molecule has 1 aromatic carbocycles. The first kappa shape index (κ1) is 28.2. The number of alkyl halides is 9. The van der Waals surface area contributed by atoms with Crippen molar-refractivity contribution >= 4 is 23.2 Å². The number of halogens is 9. The predicted molar refractivity (Wildman–Crippen MR) is 96.0 cm³/mol. The summed E-state index contributed by atoms with van der Waals surface area (Å²) >= 11 is 0. The van der Waals surface area contributed by atoms with Crippen LogP contribution in [0.1, 0.15) is 18.4 Å². The van der Waals surface area contributed by atoms with E-state index in [9.17, 15) is 53.9 Å². The lowest BCUT2D eigenvalue weighted by atomic mass is 10.0. The number of hydrogen-bond acceptors (Lipinski definition) is 5. The first-order chi connectivity index (χ1) is 15.0. The summed E-state index contributed by atoms with van der Waals surface area (Å²) in [5.41, 5.74) is 5.34. The molecule has 2 rings (SSSR count). The summed E-state index contributed by atoms with van der Waals surface area (Å²) in [5.74, 6) is -7.03. The van der Waals surface area contributed by atoms with Crippen LogP contribution < -0.4 is 16.0 Å². The van der Waals surface area contributed by atoms with E-state index in [0.29, 0.717) is 6.54 Å². The van der Waals surface area contributed by atoms with Gasteiger partial charge in [0.05, 0.1) is 12.1 Å². The predicted octanol–water partition coefficient (Wildman–Crippen LogP) is 3.00. The Morgan fingerprint density at radius 3 is 1.79 bits per heavy atom. The number of rotatable bonds is 4. The zero-order valence-electron chi connectivity index (χ0n) is 16.6. The quantitative estimate of drug-likeness (QED) is 0.495. The van der Waals surface area contributed by atoms with Crippen LogP contribution >= 0.6 is 0 Å². The highest BCUT2D eigenvalue weighted by Crippen LogP contribution is 2.31. The number of nitrogens with two attached hydrogens (primary N) is 1. The van der Waals surface area contributed by atoms with E-state index >= 15 is 0 Å². The third-order valence-corrected chi connectivity index (χ3v) is 4.25. The average Bonchev–Trinajstić information content (AvgIpc) is 2.71. The van der Waals surface area contributed by atoms with Gasteiger partial charge in [-0.25, -0.2) is 0 Å². The van der Waals surface area contributed by atoms with Gasteiger partial charge in [0.25, 0.3) is 0 Å². The van der Waals surface area contributed by atoms with Crippen LogP contribution in [0.25, 0.3) is 0 Å². The van der Waals surface area contributed by atoms with Crippen LogP contribution in [0.4, 0.5) is 45.2 Å². The maximum atomic E-state index is 12.5. The number of hydrogen-bond donors (Lipinski definition) is 2. The fraction of sp³-hybridized carbons (Fsp3) is 0.500. The molecule has 0 aromatic heterocycles. The van der Waals surface area contributed by atoms with Crippen LogP contribution in [-0.4, -0.2) is 55.5 Å². The number of Topliss-reactive ketones (excluding diaryl/α,β-unsaturated/α-hetero) is 2. The van der Waals surface area contributed by atoms with Gasteiger partial charge < -0.3 is 16.0 Å². The zero-order valence-corrected chi connectivity index (χ0v) is 16.6. The van der Waals surface area contributed by atoms with Crippen LogP contribution in [0.3, 0.4) is 0 Å². The van der Waals surface area contributed by atoms with Gasteiger partial charge in [-0.3, -0.25) is 14.4 Å². The van der Waals surface area contributed by atoms with Gasteiger partial charge in [0.15, 0.2) is 0 Å². The lowest BCUT2D eigenvalue weighted by Crippen LogP contribution is -2.49. The number of nitrogens with zero attached hydrogens (tertiary/aromatic N) is 1. The van der Waals surface area contributed by atoms with Crippen LogP contribution in [-0.2, 0) is 20.6 Å². The topological polar surface area (TPSA) is 92.5 Å². The molecule has 1 fully saturated rings. The van der Waals surface area contributed by atoms with Gasteiger partial charge in [-0.2, -0.15) is 39.5 Å². The van der Waals surface area contributed by atoms with E-state index in [2.05, 4.69) is 5.32 Å². The van der Waals surface area contributed by atoms with Crippen LogP contribution in [0.5, 0.6) is 0 Å². The van der Waals surface area contributed by atoms with Crippen molar-refractivity contribution in [2.45, 2.75) is 37.4 Å². The third kappa shape index (κ3) is 8.90. The molecule has 1 aliphatic rings. The van der Waals surface area contributed by atoms with E-state index < -0.39 is 35.7 Å². The molecular formula is C18H18F9N3O3. The Kier molecular flexibility index (Phi) is 9.27. The average molecular weight is 495 g/mol. The Labute approximate surface area is 180 Å². The van der Waals surface area contributed by atoms with Gasteiger partial charge in [-0.05, 0) is 37.1 Å². The van der Waals surface area contributed by atoms with Crippen molar-refractivity contribution in [2.24, 2.45) is 5.73 Å². The van der Waals surface area contributed by atoms with E-state index in [1.54, 1.807) is 0 Å². The Hall–Kier alpha value is -2.84. The molecule has 0 spiro atoms. The summed E-state index contributed by atoms with van der Waals surface area (Å²) in [7, 11) is 0. The molecule has 0 unspecified atom stereocenters. The number of amides is 1. The highest BCUT2D eigenvalue weighted by atomic mass is 19.4. The number of piperidine rings is 1. The molecule has 1 heterocycles. The van der Waals surface area contributed by atoms with Crippen LogP contribution in [0.15, 0.2) is 24.3 Å². The van der Waals surface area contributed by atoms with Gasteiger partial charge in [-0.1, -0.05) is 0 Å². The second-order valence-corrected chi connectivity index (χ2v) is 6.76. The Morgan fingerprint density at radius 2 is 1.39 bits per heavy atom. The normalized spacial score (nSPS) is 17.0. The van der Waals surface area contributed by atoms with Gasteiger partial charge in [-0.15, -0.1) is 0 Å². The summed E-state index contributed by atoms with van der Waals surface area (Å²) in [6.45, 7) is 1.29. The Balaban J connectivity index is 0.000000389. The lowest BCUT2D eigenvalue weighted by Gasteiger charge is -2.34. The van der Waals surface area contributed by atoms with Crippen molar-refractivity contribution < 1.29 is 53.9 Å². The minimum Gasteiger partial charge on any atom is -0.369 e. The molecule has 0 saturated carbocycles. The van der Waals surface area contributed by atoms with Crippen molar-refractivity contribution in [1.82, 2.24) is 5.32 Å². The van der Waals surface area contributed by atoms with Crippen molar-refractivity contribution in [3.63, 3.8) is 0 Å². The van der Waals surface area contributed by atoms with E-state index in [0.717, 1.165) is 37.2 Å². The second kappa shape index (κ2) is 10.9. The Morgan fingerprint density at radius 1 is 0.909 bits per heavy atom. The number of nitrogens with one attached hydrogen (secondary N) is 1. The first-order valence-corrected chi connectivity index (χ1v) is 9.11. The zero-order chi connectivity index (χ0) is 25.6. The van der Waals surface area contributed by atoms with Gasteiger partial charge in [0, 0.05) is 24.8 Å². The summed E-state index contributed by atoms with van der Waals surface area (Å²) in [6, 6.07) is 5.08. The first-order valence-electron chi connectivity index (χ1n) is 9.11. The molecule has 6 nitrogen and oxygen atoms in total. The fourth-order valence-corrected chi connectivity index (χ4v) is 2.73. The minimum absolute atomic E-state index is 0.0166. The second-order valence-electron chi connectivity index (χ2n) is 6.76. The molecular weight excluding hydrogens is 477 g/mol. The molecule has 186 valence electrons. The fourth-order valence-electron chi connectivity index (χ4n) is 2.73. The highest BCUT2D eigenvalue weighted by molar-refractivity contribution is 6.41. The largest absolute Gasteiger partial charge is 0.458 e. The van der Waals surface area contributed by atoms with Crippen LogP contribution in [0.2, 0.25) is 0 Å². The third-order valence-electron chi connectivity index (χ3n) is 4.25. The molecule has 33 heavy (non-hydrogen) atoms. The standard InChI is InChI=1S/C14H18F3N3O.C4F6O2/c15-14(16,17)10-3-5-12(6-4-10)20-7-1-2-11(9-20)19-13(21)8-18;5-3(6,7)1(11)2(12)4(8,9)10/h3-6,11H,1-2,7-9,18H2,(H,19,21);/t11-;/m1./s1. The summed E-state index contributed by atoms with van der Waals surface area (Å²) in [4.78, 5) is 32.5. The molecule has 1 amide bonds. The number of carbonyl (C=O) groups excluding carboxylic acids is 3. The molecule has 3 N–H and O–H groups in total. The molecule has 1 atom stereocenters. The summed E-state index contributed by atoms with van der Waals surface area (Å²) < 4.78 is 105. The van der Waals surface area contributed by atoms with Gasteiger partial charge >= 0.3 is 30.1 Å². The lowest BCUT2D eigenvalue weighted by molar-refractivity contribution is -0.193. The van der Waals surface area contributed by atoms with Crippen molar-refractivity contribution in [3.05, 3.63) is 29.8 Å². The molecule has 15 heteroatoms. The van der Waals surface area contributed by atoms with E-state index in [4.69, 9.17) is 5.73 Å². The van der Waals surface area contributed by atoms with Gasteiger partial charge in [0.1, 0.15) is 0 Å². The van der Waals surface area contributed by atoms with E-state index in [1.165, 1.54) is 12.1 Å². The smallest absolute Gasteiger partial charge is 0.369 e. The number of benzene rings is 1. The monoisotopic (exact) mass is 495 g/mol. The molecule has 1 saturated heterocycles. The summed E-state index contributed by atoms with van der Waals surface area (Å²) in [6.07, 6.45) is -14.1. The van der Waals surface area contributed by atoms with E-state index in [-0.39, 0.29) is 18.5 Å². The molecule has 0 radical (unpaired) electrons. The molecule has 1 aliphatic heterocycles. The maximum absolute atomic E-state index is 12.5. The number of carbonyl (C=O) groups is 3.